The second-order valence-electron chi connectivity index (χ2n) is 6.74. The summed E-state index contributed by atoms with van der Waals surface area (Å²) in [4.78, 5) is 12.3. The van der Waals surface area contributed by atoms with Crippen LogP contribution in [0.4, 0.5) is 4.39 Å². The summed E-state index contributed by atoms with van der Waals surface area (Å²) < 4.78 is 20.7. The van der Waals surface area contributed by atoms with Gasteiger partial charge in [0.1, 0.15) is 5.82 Å². The minimum Gasteiger partial charge on any atom is -0.376 e. The Balaban J connectivity index is 1.60. The molecule has 0 bridgehead atoms. The smallest absolute Gasteiger partial charge is 0.220 e. The van der Waals surface area contributed by atoms with Gasteiger partial charge in [0.15, 0.2) is 0 Å². The van der Waals surface area contributed by atoms with Gasteiger partial charge in [0.05, 0.1) is 24.9 Å². The van der Waals surface area contributed by atoms with Crippen LogP contribution in [0.25, 0.3) is 0 Å². The molecule has 3 rings (SSSR count). The normalized spacial score (nSPS) is 14.7. The average molecular weight is 359 g/mol. The van der Waals surface area contributed by atoms with Crippen molar-refractivity contribution < 1.29 is 13.9 Å². The molecule has 0 radical (unpaired) electrons. The summed E-state index contributed by atoms with van der Waals surface area (Å²) in [5.74, 6) is -0.306. The highest BCUT2D eigenvalue weighted by Gasteiger charge is 2.21. The third kappa shape index (κ3) is 4.30. The maximum absolute atomic E-state index is 13.0. The van der Waals surface area contributed by atoms with Crippen LogP contribution < -0.4 is 5.32 Å². The minimum absolute atomic E-state index is 0.0302. The number of hydrogen-bond donors (Lipinski definition) is 1. The first-order valence-corrected chi connectivity index (χ1v) is 9.28. The maximum atomic E-state index is 13.0. The van der Waals surface area contributed by atoms with Crippen LogP contribution in [0.15, 0.2) is 24.3 Å². The Hall–Kier alpha value is -2.21. The van der Waals surface area contributed by atoms with E-state index in [-0.39, 0.29) is 17.8 Å². The van der Waals surface area contributed by atoms with E-state index in [4.69, 9.17) is 9.84 Å². The number of nitrogens with one attached hydrogen (secondary N) is 1. The summed E-state index contributed by atoms with van der Waals surface area (Å²) >= 11 is 0. The minimum atomic E-state index is -0.276. The molecule has 1 aromatic heterocycles. The van der Waals surface area contributed by atoms with E-state index in [0.29, 0.717) is 19.4 Å². The van der Waals surface area contributed by atoms with Crippen molar-refractivity contribution in [2.24, 2.45) is 0 Å². The van der Waals surface area contributed by atoms with Crippen LogP contribution in [0.2, 0.25) is 0 Å². The molecule has 0 aliphatic carbocycles. The zero-order valence-electron chi connectivity index (χ0n) is 15.4. The van der Waals surface area contributed by atoms with E-state index < -0.39 is 0 Å². The number of hydrogen-bond acceptors (Lipinski definition) is 3. The van der Waals surface area contributed by atoms with Crippen molar-refractivity contribution in [3.63, 3.8) is 0 Å². The number of nitrogens with zero attached hydrogens (tertiary/aromatic N) is 2. The molecule has 0 spiro atoms. The summed E-state index contributed by atoms with van der Waals surface area (Å²) in [7, 11) is 0. The zero-order valence-corrected chi connectivity index (χ0v) is 15.4. The summed E-state index contributed by atoms with van der Waals surface area (Å²) in [5.41, 5.74) is 4.27. The Labute approximate surface area is 153 Å². The number of aromatic nitrogens is 2. The standard InChI is InChI=1S/C20H26FN3O2/c1-3-11-24-19-10-12-26-13-17(19)18(23-24)8-9-20(25)22-14(2)15-4-6-16(21)7-5-15/h4-7,14H,3,8-13H2,1-2H3,(H,22,25). The van der Waals surface area contributed by atoms with Crippen molar-refractivity contribution in [1.29, 1.82) is 0 Å². The SMILES string of the molecule is CCCn1nc(CCC(=O)NC(C)c2ccc(F)cc2)c2c1CCOC2. The van der Waals surface area contributed by atoms with Crippen LogP contribution in [0.5, 0.6) is 0 Å². The second kappa shape index (κ2) is 8.45. The van der Waals surface area contributed by atoms with Gasteiger partial charge >= 0.3 is 0 Å². The molecule has 2 aromatic rings. The molecule has 1 unspecified atom stereocenters. The van der Waals surface area contributed by atoms with Crippen molar-refractivity contribution >= 4 is 5.91 Å². The Morgan fingerprint density at radius 3 is 2.88 bits per heavy atom. The van der Waals surface area contributed by atoms with Gasteiger partial charge < -0.3 is 10.1 Å². The van der Waals surface area contributed by atoms with Crippen LogP contribution in [0.1, 0.15) is 55.2 Å². The van der Waals surface area contributed by atoms with Gasteiger partial charge in [-0.1, -0.05) is 19.1 Å². The number of amides is 1. The van der Waals surface area contributed by atoms with E-state index in [1.165, 1.54) is 17.8 Å². The quantitative estimate of drug-likeness (QED) is 0.825. The van der Waals surface area contributed by atoms with Crippen molar-refractivity contribution in [3.8, 4) is 0 Å². The Morgan fingerprint density at radius 1 is 1.38 bits per heavy atom. The van der Waals surface area contributed by atoms with Gasteiger partial charge in [-0.3, -0.25) is 9.48 Å². The topological polar surface area (TPSA) is 56.2 Å². The number of carbonyl (C=O) groups is 1. The zero-order chi connectivity index (χ0) is 18.5. The molecule has 0 fully saturated rings. The maximum Gasteiger partial charge on any atom is 0.220 e. The number of rotatable bonds is 7. The first-order valence-electron chi connectivity index (χ1n) is 9.28. The summed E-state index contributed by atoms with van der Waals surface area (Å²) in [6.45, 7) is 6.25. The monoisotopic (exact) mass is 359 g/mol. The lowest BCUT2D eigenvalue weighted by atomic mass is 10.1. The molecular formula is C20H26FN3O2. The molecule has 1 aromatic carbocycles. The molecule has 140 valence electrons. The van der Waals surface area contributed by atoms with Gasteiger partial charge in [0.25, 0.3) is 0 Å². The largest absolute Gasteiger partial charge is 0.376 e. The lowest BCUT2D eigenvalue weighted by molar-refractivity contribution is -0.121. The highest BCUT2D eigenvalue weighted by Crippen LogP contribution is 2.22. The molecule has 1 aliphatic rings. The Morgan fingerprint density at radius 2 is 2.15 bits per heavy atom. The summed E-state index contributed by atoms with van der Waals surface area (Å²) in [6.07, 6.45) is 2.89. The predicted octanol–water partition coefficient (Wildman–Crippen LogP) is 3.31. The number of aryl methyl sites for hydroxylation is 2. The Kier molecular flexibility index (Phi) is 6.04. The molecule has 1 atom stereocenters. The number of fused-ring (bicyclic) bond motifs is 1. The van der Waals surface area contributed by atoms with E-state index in [2.05, 4.69) is 16.9 Å². The van der Waals surface area contributed by atoms with E-state index >= 15 is 0 Å². The molecule has 6 heteroatoms. The number of benzene rings is 1. The van der Waals surface area contributed by atoms with Crippen LogP contribution >= 0.6 is 0 Å². The lowest BCUT2D eigenvalue weighted by Crippen LogP contribution is -2.27. The summed E-state index contributed by atoms with van der Waals surface area (Å²) in [6, 6.07) is 6.05. The summed E-state index contributed by atoms with van der Waals surface area (Å²) in [5, 5.41) is 7.69. The molecule has 1 amide bonds. The fourth-order valence-electron chi connectivity index (χ4n) is 3.36. The van der Waals surface area contributed by atoms with Crippen LogP contribution in [-0.4, -0.2) is 22.3 Å². The molecule has 2 heterocycles. The molecule has 0 saturated heterocycles. The van der Waals surface area contributed by atoms with E-state index in [0.717, 1.165) is 42.8 Å². The molecule has 1 aliphatic heterocycles. The molecule has 5 nitrogen and oxygen atoms in total. The molecule has 26 heavy (non-hydrogen) atoms. The second-order valence-corrected chi connectivity index (χ2v) is 6.74. The van der Waals surface area contributed by atoms with E-state index in [9.17, 15) is 9.18 Å². The van der Waals surface area contributed by atoms with Crippen molar-refractivity contribution in [3.05, 3.63) is 52.6 Å². The lowest BCUT2D eigenvalue weighted by Gasteiger charge is -2.15. The van der Waals surface area contributed by atoms with Gasteiger partial charge in [0, 0.05) is 37.1 Å². The van der Waals surface area contributed by atoms with Crippen LogP contribution in [-0.2, 0) is 35.5 Å². The van der Waals surface area contributed by atoms with Crippen LogP contribution in [0.3, 0.4) is 0 Å². The highest BCUT2D eigenvalue weighted by atomic mass is 19.1. The first-order chi connectivity index (χ1) is 12.6. The fraction of sp³-hybridized carbons (Fsp3) is 0.500. The first kappa shape index (κ1) is 18.6. The van der Waals surface area contributed by atoms with Gasteiger partial charge in [-0.25, -0.2) is 4.39 Å². The van der Waals surface area contributed by atoms with E-state index in [1.807, 2.05) is 6.92 Å². The fourth-order valence-corrected chi connectivity index (χ4v) is 3.36. The van der Waals surface area contributed by atoms with Crippen molar-refractivity contribution in [2.45, 2.75) is 58.7 Å². The number of ether oxygens (including phenoxy) is 1. The van der Waals surface area contributed by atoms with Gasteiger partial charge in [-0.2, -0.15) is 5.10 Å². The van der Waals surface area contributed by atoms with E-state index in [1.54, 1.807) is 12.1 Å². The van der Waals surface area contributed by atoms with Gasteiger partial charge in [0.2, 0.25) is 5.91 Å². The Bertz CT molecular complexity index is 755. The molecule has 0 saturated carbocycles. The van der Waals surface area contributed by atoms with Crippen LogP contribution in [0, 0.1) is 5.82 Å². The molecule has 1 N–H and O–H groups in total. The third-order valence-corrected chi connectivity index (χ3v) is 4.75. The van der Waals surface area contributed by atoms with Gasteiger partial charge in [-0.05, 0) is 31.0 Å². The van der Waals surface area contributed by atoms with Gasteiger partial charge in [-0.15, -0.1) is 0 Å². The molecular weight excluding hydrogens is 333 g/mol. The predicted molar refractivity (Wildman–Crippen MR) is 97.2 cm³/mol. The third-order valence-electron chi connectivity index (χ3n) is 4.75. The average Bonchev–Trinajstić information content (AvgIpc) is 2.99. The van der Waals surface area contributed by atoms with Crippen molar-refractivity contribution in [1.82, 2.24) is 15.1 Å². The number of carbonyl (C=O) groups excluding carboxylic acids is 1. The van der Waals surface area contributed by atoms with Crippen molar-refractivity contribution in [2.75, 3.05) is 6.61 Å². The number of halogens is 1. The highest BCUT2D eigenvalue weighted by molar-refractivity contribution is 5.76.